The molecule has 0 bridgehead atoms. The van der Waals surface area contributed by atoms with E-state index < -0.39 is 16.6 Å². The summed E-state index contributed by atoms with van der Waals surface area (Å²) >= 11 is 0. The molecule has 0 aromatic carbocycles. The number of carbonyl (C=O) groups is 1. The number of esters is 1. The Bertz CT molecular complexity index is 520. The third kappa shape index (κ3) is 8.68. The summed E-state index contributed by atoms with van der Waals surface area (Å²) in [5.74, 6) is -0.184. The first-order chi connectivity index (χ1) is 13.1. The van der Waals surface area contributed by atoms with Crippen LogP contribution in [0.25, 0.3) is 0 Å². The van der Waals surface area contributed by atoms with E-state index >= 15 is 0 Å². The van der Waals surface area contributed by atoms with Crippen LogP contribution < -0.4 is 0 Å². The van der Waals surface area contributed by atoms with E-state index in [0.29, 0.717) is 13.2 Å². The highest BCUT2D eigenvalue weighted by molar-refractivity contribution is 6.74. The largest absolute Gasteiger partial charge is 0.459 e. The average Bonchev–Trinajstić information content (AvgIpc) is 3.04. The summed E-state index contributed by atoms with van der Waals surface area (Å²) in [7, 11) is -3.72. The van der Waals surface area contributed by atoms with Gasteiger partial charge in [0.05, 0.1) is 0 Å². The molecule has 1 fully saturated rings. The molecule has 170 valence electrons. The van der Waals surface area contributed by atoms with E-state index in [1.165, 1.54) is 0 Å². The maximum absolute atomic E-state index is 12.3. The second-order valence-electron chi connectivity index (χ2n) is 11.6. The van der Waals surface area contributed by atoms with E-state index in [4.69, 9.17) is 13.6 Å². The minimum atomic E-state index is -1.86. The van der Waals surface area contributed by atoms with Gasteiger partial charge >= 0.3 is 5.97 Å². The van der Waals surface area contributed by atoms with E-state index in [2.05, 4.69) is 67.7 Å². The summed E-state index contributed by atoms with van der Waals surface area (Å²) < 4.78 is 18.5. The summed E-state index contributed by atoms with van der Waals surface area (Å²) in [4.78, 5) is 12.3. The lowest BCUT2D eigenvalue weighted by Gasteiger charge is -2.39. The van der Waals surface area contributed by atoms with Crippen LogP contribution in [0, 0.1) is 5.92 Å². The van der Waals surface area contributed by atoms with Gasteiger partial charge < -0.3 is 13.6 Å². The molecular weight excluding hydrogens is 396 g/mol. The second kappa shape index (κ2) is 10.2. The van der Waals surface area contributed by atoms with Crippen molar-refractivity contribution in [2.24, 2.45) is 5.92 Å². The minimum absolute atomic E-state index is 0.0504. The number of hydrogen-bond donors (Lipinski definition) is 0. The molecule has 1 saturated carbocycles. The van der Waals surface area contributed by atoms with Crippen molar-refractivity contribution in [3.8, 4) is 0 Å². The molecule has 0 atom stereocenters. The van der Waals surface area contributed by atoms with Gasteiger partial charge in [-0.1, -0.05) is 47.6 Å². The topological polar surface area (TPSA) is 44.8 Å². The van der Waals surface area contributed by atoms with E-state index in [9.17, 15) is 4.79 Å². The molecule has 0 saturated heterocycles. The Balaban J connectivity index is 2.78. The van der Waals surface area contributed by atoms with Crippen LogP contribution in [0.1, 0.15) is 67.2 Å². The molecule has 29 heavy (non-hydrogen) atoms. The fourth-order valence-corrected chi connectivity index (χ4v) is 4.77. The zero-order valence-corrected chi connectivity index (χ0v) is 22.7. The van der Waals surface area contributed by atoms with E-state index in [-0.39, 0.29) is 28.1 Å². The molecular formula is C23H46O4Si2. The first-order valence-electron chi connectivity index (χ1n) is 11.2. The number of hydrogen-bond acceptors (Lipinski definition) is 4. The second-order valence-corrected chi connectivity index (χ2v) is 21.2. The first-order valence-corrected chi connectivity index (χ1v) is 17.0. The van der Waals surface area contributed by atoms with Crippen molar-refractivity contribution in [2.75, 3.05) is 13.2 Å². The molecule has 0 amide bonds. The van der Waals surface area contributed by atoms with Crippen LogP contribution in [0.3, 0.4) is 0 Å². The van der Waals surface area contributed by atoms with E-state index in [1.807, 2.05) is 6.08 Å². The van der Waals surface area contributed by atoms with Crippen LogP contribution in [0.5, 0.6) is 0 Å². The third-order valence-corrected chi connectivity index (χ3v) is 16.0. The van der Waals surface area contributed by atoms with Crippen molar-refractivity contribution in [3.63, 3.8) is 0 Å². The molecule has 1 aliphatic rings. The van der Waals surface area contributed by atoms with Gasteiger partial charge in [0, 0.05) is 25.2 Å². The van der Waals surface area contributed by atoms with Gasteiger partial charge in [0.2, 0.25) is 0 Å². The van der Waals surface area contributed by atoms with Gasteiger partial charge in [-0.05, 0) is 61.9 Å². The van der Waals surface area contributed by atoms with Crippen LogP contribution in [0.15, 0.2) is 12.2 Å². The zero-order chi connectivity index (χ0) is 22.5. The van der Waals surface area contributed by atoms with Gasteiger partial charge in [-0.25, -0.2) is 4.79 Å². The molecule has 0 aromatic heterocycles. The Morgan fingerprint density at radius 3 is 1.69 bits per heavy atom. The Kier molecular flexibility index (Phi) is 9.40. The smallest absolute Gasteiger partial charge is 0.330 e. The molecule has 6 heteroatoms. The number of carbonyl (C=O) groups excluding carboxylic acids is 1. The van der Waals surface area contributed by atoms with Crippen molar-refractivity contribution >= 4 is 22.6 Å². The lowest BCUT2D eigenvalue weighted by molar-refractivity contribution is -0.142. The quantitative estimate of drug-likeness (QED) is 0.227. The summed E-state index contributed by atoms with van der Waals surface area (Å²) in [5, 5.41) is 0.311. The highest BCUT2D eigenvalue weighted by Gasteiger charge is 2.39. The van der Waals surface area contributed by atoms with Gasteiger partial charge in [-0.15, -0.1) is 0 Å². The highest BCUT2D eigenvalue weighted by Crippen LogP contribution is 2.38. The average molecular weight is 443 g/mol. The van der Waals surface area contributed by atoms with Gasteiger partial charge in [-0.2, -0.15) is 0 Å². The van der Waals surface area contributed by atoms with Crippen LogP contribution in [0.2, 0.25) is 36.3 Å². The molecule has 0 heterocycles. The Morgan fingerprint density at radius 1 is 0.897 bits per heavy atom. The zero-order valence-electron chi connectivity index (χ0n) is 20.7. The van der Waals surface area contributed by atoms with Crippen molar-refractivity contribution in [2.45, 2.75) is 110 Å². The first kappa shape index (κ1) is 26.6. The highest BCUT2D eigenvalue weighted by atomic mass is 28.4. The molecule has 1 rings (SSSR count). The fourth-order valence-electron chi connectivity index (χ4n) is 2.65. The van der Waals surface area contributed by atoms with Gasteiger partial charge in [0.15, 0.2) is 16.6 Å². The Hall–Kier alpha value is -0.436. The number of rotatable bonds is 9. The molecule has 0 N–H and O–H groups in total. The summed E-state index contributed by atoms with van der Waals surface area (Å²) in [6, 6.07) is 0. The fraction of sp³-hybridized carbons (Fsp3) is 0.870. The third-order valence-electron chi connectivity index (χ3n) is 7.02. The van der Waals surface area contributed by atoms with Crippen molar-refractivity contribution in [1.29, 1.82) is 0 Å². The lowest BCUT2D eigenvalue weighted by Crippen LogP contribution is -2.44. The molecule has 1 aliphatic carbocycles. The van der Waals surface area contributed by atoms with Gasteiger partial charge in [0.1, 0.15) is 6.10 Å². The monoisotopic (exact) mass is 442 g/mol. The molecule has 4 nitrogen and oxygen atoms in total. The van der Waals surface area contributed by atoms with Gasteiger partial charge in [-0.3, -0.25) is 0 Å². The predicted octanol–water partition coefficient (Wildman–Crippen LogP) is 6.69. The Morgan fingerprint density at radius 2 is 1.31 bits per heavy atom. The summed E-state index contributed by atoms with van der Waals surface area (Å²) in [6.45, 7) is 23.7. The molecule has 0 aromatic rings. The summed E-state index contributed by atoms with van der Waals surface area (Å²) in [6.07, 6.45) is 7.93. The van der Waals surface area contributed by atoms with Crippen molar-refractivity contribution in [3.05, 3.63) is 12.2 Å². The summed E-state index contributed by atoms with van der Waals surface area (Å²) in [5.41, 5.74) is 0. The SMILES string of the molecule is CC(C)(C)[Si](C)(C)OCC(/C=C/C(=O)OC1CCCC1)CO[Si](C)(C)C(C)(C)C. The van der Waals surface area contributed by atoms with Crippen LogP contribution >= 0.6 is 0 Å². The van der Waals surface area contributed by atoms with Crippen LogP contribution in [-0.2, 0) is 18.4 Å². The Labute approximate surface area is 182 Å². The van der Waals surface area contributed by atoms with Gasteiger partial charge in [0.25, 0.3) is 0 Å². The standard InChI is InChI=1S/C23H46O4Si2/c1-22(2,3)28(7,8)25-17-19(18-26-29(9,10)23(4,5)6)15-16-21(24)27-20-13-11-12-14-20/h15-16,19-20H,11-14,17-18H2,1-10H3/b16-15+. The van der Waals surface area contributed by atoms with Crippen molar-refractivity contribution < 1.29 is 18.4 Å². The van der Waals surface area contributed by atoms with Crippen molar-refractivity contribution in [1.82, 2.24) is 0 Å². The normalized spacial score (nSPS) is 17.5. The number of ether oxygens (including phenoxy) is 1. The maximum atomic E-state index is 12.3. The molecule has 0 radical (unpaired) electrons. The molecule has 0 aliphatic heterocycles. The molecule has 0 spiro atoms. The van der Waals surface area contributed by atoms with E-state index in [0.717, 1.165) is 25.7 Å². The van der Waals surface area contributed by atoms with Crippen LogP contribution in [0.4, 0.5) is 0 Å². The lowest BCUT2D eigenvalue weighted by atomic mass is 10.1. The van der Waals surface area contributed by atoms with E-state index in [1.54, 1.807) is 6.08 Å². The van der Waals surface area contributed by atoms with Crippen LogP contribution in [-0.4, -0.2) is 41.9 Å². The minimum Gasteiger partial charge on any atom is -0.459 e. The molecule has 0 unspecified atom stereocenters. The maximum Gasteiger partial charge on any atom is 0.330 e. The predicted molar refractivity (Wildman–Crippen MR) is 127 cm³/mol.